The molecule has 0 bridgehead atoms. The lowest BCUT2D eigenvalue weighted by Gasteiger charge is -2.16. The molecule has 0 aliphatic carbocycles. The van der Waals surface area contributed by atoms with Crippen LogP contribution < -0.4 is 0 Å². The molecular formula is C8H9NO. The van der Waals surface area contributed by atoms with Crippen LogP contribution in [-0.2, 0) is 6.54 Å². The van der Waals surface area contributed by atoms with Gasteiger partial charge >= 0.3 is 0 Å². The Morgan fingerprint density at radius 3 is 3.40 bits per heavy atom. The molecule has 2 heteroatoms. The van der Waals surface area contributed by atoms with Crippen LogP contribution in [0.3, 0.4) is 0 Å². The van der Waals surface area contributed by atoms with Crippen LogP contribution in [0.2, 0.25) is 0 Å². The smallest absolute Gasteiger partial charge is 0.133 e. The lowest BCUT2D eigenvalue weighted by Crippen LogP contribution is -2.12. The van der Waals surface area contributed by atoms with Crippen molar-refractivity contribution in [3.63, 3.8) is 0 Å². The molecular weight excluding hydrogens is 126 g/mol. The number of hydrogen-bond donors (Lipinski definition) is 0. The van der Waals surface area contributed by atoms with Crippen LogP contribution in [0.15, 0.2) is 22.9 Å². The Bertz CT molecular complexity index is 262. The van der Waals surface area contributed by atoms with Crippen LogP contribution in [0.5, 0.6) is 0 Å². The van der Waals surface area contributed by atoms with Gasteiger partial charge in [-0.3, -0.25) is 0 Å². The minimum absolute atomic E-state index is 0.961. The van der Waals surface area contributed by atoms with Crippen LogP contribution in [0.4, 0.5) is 0 Å². The van der Waals surface area contributed by atoms with Crippen molar-refractivity contribution in [3.05, 3.63) is 29.9 Å². The maximum Gasteiger partial charge on any atom is 0.133 e. The van der Waals surface area contributed by atoms with Crippen LogP contribution >= 0.6 is 0 Å². The number of rotatable bonds is 0. The predicted octanol–water partition coefficient (Wildman–Crippen LogP) is 1.70. The average Bonchev–Trinajstić information content (AvgIpc) is 2.33. The summed E-state index contributed by atoms with van der Waals surface area (Å²) in [7, 11) is 2.05. The number of hydrogen-bond acceptors (Lipinski definition) is 2. The third-order valence-corrected chi connectivity index (χ3v) is 1.68. The fourth-order valence-electron chi connectivity index (χ4n) is 1.14. The third kappa shape index (κ3) is 0.727. The summed E-state index contributed by atoms with van der Waals surface area (Å²) in [5, 5.41) is 0. The fraction of sp³-hybridized carbons (Fsp3) is 0.250. The molecule has 0 unspecified atom stereocenters. The van der Waals surface area contributed by atoms with Crippen LogP contribution in [0.1, 0.15) is 11.3 Å². The van der Waals surface area contributed by atoms with E-state index in [1.165, 1.54) is 5.56 Å². The van der Waals surface area contributed by atoms with Gasteiger partial charge in [-0.2, -0.15) is 0 Å². The first-order chi connectivity index (χ1) is 4.86. The molecule has 0 N–H and O–H groups in total. The molecule has 2 rings (SSSR count). The highest BCUT2D eigenvalue weighted by molar-refractivity contribution is 5.49. The summed E-state index contributed by atoms with van der Waals surface area (Å²) in [5.41, 5.74) is 1.27. The Balaban J connectivity index is 2.43. The molecule has 0 saturated carbocycles. The second-order valence-corrected chi connectivity index (χ2v) is 2.54. The highest BCUT2D eigenvalue weighted by atomic mass is 16.3. The summed E-state index contributed by atoms with van der Waals surface area (Å²) in [6.45, 7) is 0.961. The average molecular weight is 135 g/mol. The van der Waals surface area contributed by atoms with Crippen molar-refractivity contribution in [2.24, 2.45) is 0 Å². The van der Waals surface area contributed by atoms with Gasteiger partial charge in [0, 0.05) is 25.4 Å². The molecule has 1 aliphatic heterocycles. The van der Waals surface area contributed by atoms with Gasteiger partial charge in [0.25, 0.3) is 0 Å². The zero-order valence-corrected chi connectivity index (χ0v) is 5.87. The molecule has 0 fully saturated rings. The molecule has 0 radical (unpaired) electrons. The molecule has 52 valence electrons. The van der Waals surface area contributed by atoms with Gasteiger partial charge in [-0.15, -0.1) is 0 Å². The van der Waals surface area contributed by atoms with Gasteiger partial charge in [0.05, 0.1) is 6.26 Å². The molecule has 0 saturated heterocycles. The van der Waals surface area contributed by atoms with Gasteiger partial charge in [-0.1, -0.05) is 0 Å². The summed E-state index contributed by atoms with van der Waals surface area (Å²) in [4.78, 5) is 2.12. The standard InChI is InChI=1S/C8H9NO/c1-9-4-2-8-7(6-9)3-5-10-8/h2-5H,6H2,1H3. The van der Waals surface area contributed by atoms with E-state index in [9.17, 15) is 0 Å². The molecule has 10 heavy (non-hydrogen) atoms. The van der Waals surface area contributed by atoms with Crippen molar-refractivity contribution in [1.82, 2.24) is 4.90 Å². The molecule has 0 atom stereocenters. The molecule has 1 aliphatic rings. The van der Waals surface area contributed by atoms with Crippen molar-refractivity contribution in [1.29, 1.82) is 0 Å². The van der Waals surface area contributed by atoms with Gasteiger partial charge in [0.2, 0.25) is 0 Å². The Labute approximate surface area is 59.7 Å². The fourth-order valence-corrected chi connectivity index (χ4v) is 1.14. The first kappa shape index (κ1) is 5.59. The lowest BCUT2D eigenvalue weighted by molar-refractivity contribution is 0.436. The van der Waals surface area contributed by atoms with Crippen LogP contribution in [-0.4, -0.2) is 11.9 Å². The zero-order valence-electron chi connectivity index (χ0n) is 5.87. The normalized spacial score (nSPS) is 15.5. The summed E-state index contributed by atoms with van der Waals surface area (Å²) in [6.07, 6.45) is 5.73. The number of furan rings is 1. The molecule has 0 amide bonds. The maximum absolute atomic E-state index is 5.19. The topological polar surface area (TPSA) is 16.4 Å². The van der Waals surface area contributed by atoms with Gasteiger partial charge in [0.15, 0.2) is 0 Å². The largest absolute Gasteiger partial charge is 0.465 e. The first-order valence-corrected chi connectivity index (χ1v) is 3.31. The van der Waals surface area contributed by atoms with Gasteiger partial charge < -0.3 is 9.32 Å². The first-order valence-electron chi connectivity index (χ1n) is 3.31. The van der Waals surface area contributed by atoms with E-state index in [0.717, 1.165) is 12.3 Å². The SMILES string of the molecule is CN1C=Cc2occc2C1. The van der Waals surface area contributed by atoms with Crippen molar-refractivity contribution < 1.29 is 4.42 Å². The van der Waals surface area contributed by atoms with E-state index in [0.29, 0.717) is 0 Å². The van der Waals surface area contributed by atoms with E-state index < -0.39 is 0 Å². The minimum atomic E-state index is 0.961. The van der Waals surface area contributed by atoms with Gasteiger partial charge in [0.1, 0.15) is 5.76 Å². The second-order valence-electron chi connectivity index (χ2n) is 2.54. The zero-order chi connectivity index (χ0) is 6.97. The van der Waals surface area contributed by atoms with E-state index in [2.05, 4.69) is 4.90 Å². The van der Waals surface area contributed by atoms with Crippen molar-refractivity contribution in [2.45, 2.75) is 6.54 Å². The summed E-state index contributed by atoms with van der Waals surface area (Å²) >= 11 is 0. The van der Waals surface area contributed by atoms with E-state index >= 15 is 0 Å². The van der Waals surface area contributed by atoms with Crippen molar-refractivity contribution in [3.8, 4) is 0 Å². The lowest BCUT2D eigenvalue weighted by atomic mass is 10.2. The Morgan fingerprint density at radius 1 is 1.60 bits per heavy atom. The van der Waals surface area contributed by atoms with E-state index in [-0.39, 0.29) is 0 Å². The number of fused-ring (bicyclic) bond motifs is 1. The van der Waals surface area contributed by atoms with Gasteiger partial charge in [-0.05, 0) is 12.1 Å². The van der Waals surface area contributed by atoms with E-state index in [1.807, 2.05) is 25.4 Å². The van der Waals surface area contributed by atoms with Crippen LogP contribution in [0.25, 0.3) is 6.08 Å². The summed E-state index contributed by atoms with van der Waals surface area (Å²) < 4.78 is 5.19. The summed E-state index contributed by atoms with van der Waals surface area (Å²) in [6, 6.07) is 2.01. The monoisotopic (exact) mass is 135 g/mol. The second kappa shape index (κ2) is 1.90. The molecule has 0 aromatic carbocycles. The van der Waals surface area contributed by atoms with E-state index in [1.54, 1.807) is 6.26 Å². The van der Waals surface area contributed by atoms with Crippen LogP contribution in [0, 0.1) is 0 Å². The van der Waals surface area contributed by atoms with Crippen molar-refractivity contribution >= 4 is 6.08 Å². The van der Waals surface area contributed by atoms with Gasteiger partial charge in [-0.25, -0.2) is 0 Å². The maximum atomic E-state index is 5.19. The number of nitrogens with zero attached hydrogens (tertiary/aromatic N) is 1. The molecule has 1 aromatic heterocycles. The molecule has 0 spiro atoms. The highest BCUT2D eigenvalue weighted by Crippen LogP contribution is 2.18. The van der Waals surface area contributed by atoms with Crippen molar-refractivity contribution in [2.75, 3.05) is 7.05 Å². The minimum Gasteiger partial charge on any atom is -0.465 e. The molecule has 2 nitrogen and oxygen atoms in total. The summed E-state index contributed by atoms with van der Waals surface area (Å²) in [5.74, 6) is 0.998. The highest BCUT2D eigenvalue weighted by Gasteiger charge is 2.08. The Kier molecular flexibility index (Phi) is 1.07. The molecule has 1 aromatic rings. The third-order valence-electron chi connectivity index (χ3n) is 1.68. The quantitative estimate of drug-likeness (QED) is 0.538. The Morgan fingerprint density at radius 2 is 2.50 bits per heavy atom. The molecule has 2 heterocycles. The predicted molar refractivity (Wildman–Crippen MR) is 39.2 cm³/mol. The van der Waals surface area contributed by atoms with E-state index in [4.69, 9.17) is 4.42 Å². The Hall–Kier alpha value is -1.18.